The van der Waals surface area contributed by atoms with Crippen molar-refractivity contribution in [2.45, 2.75) is 32.9 Å². The molecule has 1 aliphatic heterocycles. The van der Waals surface area contributed by atoms with Crippen molar-refractivity contribution in [3.63, 3.8) is 0 Å². The first-order chi connectivity index (χ1) is 15.6. The zero-order valence-corrected chi connectivity index (χ0v) is 18.7. The molecule has 0 N–H and O–H groups in total. The highest BCUT2D eigenvalue weighted by atomic mass is 16.1. The van der Waals surface area contributed by atoms with Gasteiger partial charge in [0.05, 0.1) is 6.04 Å². The fraction of sp³-hybridized carbons (Fsp3) is 0.207. The molecule has 1 atom stereocenters. The highest BCUT2D eigenvalue weighted by Crippen LogP contribution is 2.42. The molecule has 0 radical (unpaired) electrons. The largest absolute Gasteiger partial charge is 0.358 e. The van der Waals surface area contributed by atoms with Gasteiger partial charge in [0.2, 0.25) is 0 Å². The molecule has 5 rings (SSSR count). The maximum atomic E-state index is 12.0. The summed E-state index contributed by atoms with van der Waals surface area (Å²) in [5.41, 5.74) is 9.20. The van der Waals surface area contributed by atoms with E-state index in [1.807, 2.05) is 0 Å². The van der Waals surface area contributed by atoms with E-state index >= 15 is 0 Å². The minimum atomic E-state index is -0.184. The molecular formula is C29H28N2O. The van der Waals surface area contributed by atoms with Crippen molar-refractivity contribution in [1.82, 2.24) is 4.57 Å². The van der Waals surface area contributed by atoms with Gasteiger partial charge in [0.1, 0.15) is 6.29 Å². The van der Waals surface area contributed by atoms with Gasteiger partial charge < -0.3 is 9.47 Å². The van der Waals surface area contributed by atoms with Gasteiger partial charge in [-0.1, -0.05) is 72.3 Å². The van der Waals surface area contributed by atoms with Gasteiger partial charge in [0.15, 0.2) is 0 Å². The van der Waals surface area contributed by atoms with Crippen molar-refractivity contribution in [3.8, 4) is 0 Å². The van der Waals surface area contributed by atoms with Crippen LogP contribution in [-0.4, -0.2) is 17.4 Å². The van der Waals surface area contributed by atoms with Crippen LogP contribution in [0.2, 0.25) is 0 Å². The van der Waals surface area contributed by atoms with Crippen LogP contribution in [0.1, 0.15) is 34.0 Å². The summed E-state index contributed by atoms with van der Waals surface area (Å²) in [5, 5.41) is 1.28. The number of hydrogen-bond acceptors (Lipinski definition) is 2. The van der Waals surface area contributed by atoms with Crippen LogP contribution in [0, 0.1) is 13.8 Å². The number of hydrogen-bond donors (Lipinski definition) is 0. The standard InChI is InChI=1S/C29H28N2O/c1-20-8-12-23(13-9-20)18-31-27-7-5-4-6-25(27)26-16-17-30(24-14-10-21(2)11-15-24)28(29(26)31)22(3)19-32/h4-15,19,28H,3,16-18H2,1-2H3/t28-/m1/s1. The number of anilines is 1. The Morgan fingerprint density at radius 3 is 2.31 bits per heavy atom. The second kappa shape index (κ2) is 8.16. The minimum Gasteiger partial charge on any atom is -0.358 e. The number of aryl methyl sites for hydroxylation is 2. The third kappa shape index (κ3) is 3.44. The van der Waals surface area contributed by atoms with Gasteiger partial charge in [-0.15, -0.1) is 0 Å². The summed E-state index contributed by atoms with van der Waals surface area (Å²) in [5.74, 6) is 0. The molecule has 0 unspecified atom stereocenters. The van der Waals surface area contributed by atoms with Gasteiger partial charge >= 0.3 is 0 Å². The van der Waals surface area contributed by atoms with Crippen LogP contribution < -0.4 is 4.90 Å². The lowest BCUT2D eigenvalue weighted by Crippen LogP contribution is -2.38. The lowest BCUT2D eigenvalue weighted by molar-refractivity contribution is -0.105. The van der Waals surface area contributed by atoms with Crippen LogP contribution in [0.3, 0.4) is 0 Å². The maximum Gasteiger partial charge on any atom is 0.147 e. The van der Waals surface area contributed by atoms with Crippen LogP contribution in [0.15, 0.2) is 84.9 Å². The Morgan fingerprint density at radius 2 is 1.62 bits per heavy atom. The average molecular weight is 421 g/mol. The highest BCUT2D eigenvalue weighted by molar-refractivity contribution is 5.88. The Bertz CT molecular complexity index is 1300. The van der Waals surface area contributed by atoms with Gasteiger partial charge in [-0.05, 0) is 49.6 Å². The van der Waals surface area contributed by atoms with Crippen molar-refractivity contribution < 1.29 is 4.79 Å². The van der Waals surface area contributed by atoms with E-state index in [1.165, 1.54) is 38.9 Å². The van der Waals surface area contributed by atoms with E-state index in [4.69, 9.17) is 0 Å². The van der Waals surface area contributed by atoms with Crippen molar-refractivity contribution >= 4 is 22.9 Å². The van der Waals surface area contributed by atoms with Crippen LogP contribution in [-0.2, 0) is 17.8 Å². The maximum absolute atomic E-state index is 12.0. The molecule has 3 nitrogen and oxygen atoms in total. The zero-order chi connectivity index (χ0) is 22.2. The molecule has 0 bridgehead atoms. The first kappa shape index (κ1) is 20.3. The molecule has 3 heteroatoms. The van der Waals surface area contributed by atoms with E-state index in [0.717, 1.165) is 31.5 Å². The Morgan fingerprint density at radius 1 is 0.969 bits per heavy atom. The molecule has 160 valence electrons. The normalized spacial score (nSPS) is 15.6. The van der Waals surface area contributed by atoms with Crippen LogP contribution in [0.4, 0.5) is 5.69 Å². The quantitative estimate of drug-likeness (QED) is 0.285. The number of carbonyl (C=O) groups excluding carboxylic acids is 1. The van der Waals surface area contributed by atoms with Gasteiger partial charge in [-0.3, -0.25) is 4.79 Å². The van der Waals surface area contributed by atoms with Crippen LogP contribution in [0.5, 0.6) is 0 Å². The van der Waals surface area contributed by atoms with Gasteiger partial charge in [-0.25, -0.2) is 0 Å². The van der Waals surface area contributed by atoms with Crippen LogP contribution >= 0.6 is 0 Å². The number of aromatic nitrogens is 1. The Kier molecular flexibility index (Phi) is 5.18. The average Bonchev–Trinajstić information content (AvgIpc) is 3.13. The third-order valence-corrected chi connectivity index (χ3v) is 6.62. The number of para-hydroxylation sites is 1. The first-order valence-corrected chi connectivity index (χ1v) is 11.2. The minimum absolute atomic E-state index is 0.184. The summed E-state index contributed by atoms with van der Waals surface area (Å²) < 4.78 is 2.40. The van der Waals surface area contributed by atoms with Gasteiger partial charge in [0.25, 0.3) is 0 Å². The summed E-state index contributed by atoms with van der Waals surface area (Å²) in [7, 11) is 0. The molecule has 0 saturated carbocycles. The predicted octanol–water partition coefficient (Wildman–Crippen LogP) is 6.17. The number of aldehydes is 1. The lowest BCUT2D eigenvalue weighted by Gasteiger charge is -2.39. The molecule has 2 heterocycles. The van der Waals surface area contributed by atoms with Gasteiger partial charge in [-0.2, -0.15) is 0 Å². The molecule has 4 aromatic rings. The first-order valence-electron chi connectivity index (χ1n) is 11.2. The molecule has 0 amide bonds. The molecule has 0 saturated heterocycles. The molecule has 0 fully saturated rings. The topological polar surface area (TPSA) is 25.2 Å². The fourth-order valence-corrected chi connectivity index (χ4v) is 4.98. The smallest absolute Gasteiger partial charge is 0.147 e. The molecule has 1 aliphatic rings. The summed E-state index contributed by atoms with van der Waals surface area (Å²) in [4.78, 5) is 14.4. The second-order valence-corrected chi connectivity index (χ2v) is 8.83. The van der Waals surface area contributed by atoms with E-state index in [1.54, 1.807) is 0 Å². The third-order valence-electron chi connectivity index (χ3n) is 6.62. The number of fused-ring (bicyclic) bond motifs is 3. The Hall–Kier alpha value is -3.59. The Labute approximate surface area is 189 Å². The predicted molar refractivity (Wildman–Crippen MR) is 132 cm³/mol. The van der Waals surface area contributed by atoms with E-state index in [-0.39, 0.29) is 6.04 Å². The summed E-state index contributed by atoms with van der Waals surface area (Å²) in [6.45, 7) is 10.0. The van der Waals surface area contributed by atoms with Crippen molar-refractivity contribution in [2.75, 3.05) is 11.4 Å². The lowest BCUT2D eigenvalue weighted by atomic mass is 9.92. The number of carbonyl (C=O) groups is 1. The summed E-state index contributed by atoms with van der Waals surface area (Å²) in [6, 6.07) is 25.7. The van der Waals surface area contributed by atoms with Crippen molar-refractivity contribution in [3.05, 3.63) is 113 Å². The number of rotatable bonds is 5. The van der Waals surface area contributed by atoms with Gasteiger partial charge in [0, 0.05) is 40.9 Å². The fourth-order valence-electron chi connectivity index (χ4n) is 4.98. The summed E-state index contributed by atoms with van der Waals surface area (Å²) >= 11 is 0. The van der Waals surface area contributed by atoms with Crippen molar-refractivity contribution in [1.29, 1.82) is 0 Å². The molecule has 32 heavy (non-hydrogen) atoms. The van der Waals surface area contributed by atoms with E-state index < -0.39 is 0 Å². The van der Waals surface area contributed by atoms with E-state index in [9.17, 15) is 4.79 Å². The summed E-state index contributed by atoms with van der Waals surface area (Å²) in [6.07, 6.45) is 1.86. The zero-order valence-electron chi connectivity index (χ0n) is 18.7. The van der Waals surface area contributed by atoms with E-state index in [2.05, 4.69) is 103 Å². The Balaban J connectivity index is 1.71. The van der Waals surface area contributed by atoms with Crippen LogP contribution in [0.25, 0.3) is 10.9 Å². The van der Waals surface area contributed by atoms with E-state index in [0.29, 0.717) is 5.57 Å². The van der Waals surface area contributed by atoms with Crippen molar-refractivity contribution in [2.24, 2.45) is 0 Å². The SMILES string of the molecule is C=C(C=O)[C@@H]1c2c(c3ccccc3n2Cc2ccc(C)cc2)CCN1c1ccc(C)cc1. The molecule has 0 spiro atoms. The highest BCUT2D eigenvalue weighted by Gasteiger charge is 2.34. The molecule has 1 aromatic heterocycles. The molecular weight excluding hydrogens is 392 g/mol. The second-order valence-electron chi connectivity index (χ2n) is 8.83. The molecule has 0 aliphatic carbocycles. The number of nitrogens with zero attached hydrogens (tertiary/aromatic N) is 2. The monoisotopic (exact) mass is 420 g/mol. The number of benzene rings is 3. The molecule has 3 aromatic carbocycles.